The van der Waals surface area contributed by atoms with Crippen LogP contribution < -0.4 is 0 Å². The van der Waals surface area contributed by atoms with E-state index in [9.17, 15) is 0 Å². The average Bonchev–Trinajstić information content (AvgIpc) is 2.98. The molecule has 1 aromatic heterocycles. The van der Waals surface area contributed by atoms with Crippen molar-refractivity contribution in [3.05, 3.63) is 66.0 Å². The zero-order chi connectivity index (χ0) is 16.9. The predicted molar refractivity (Wildman–Crippen MR) is 99.9 cm³/mol. The number of aromatic nitrogens is 1. The molecular weight excluding hydrogens is 294 g/mol. The number of nitrogens with zero attached hydrogens (tertiary/aromatic N) is 3. The molecule has 3 heteroatoms. The van der Waals surface area contributed by atoms with Crippen molar-refractivity contribution in [2.24, 2.45) is 0 Å². The van der Waals surface area contributed by atoms with Gasteiger partial charge in [0.25, 0.3) is 0 Å². The fraction of sp³-hybridized carbons (Fsp3) is 0.476. The van der Waals surface area contributed by atoms with Crippen LogP contribution in [0.4, 0.5) is 0 Å². The molecule has 0 N–H and O–H groups in total. The zero-order valence-corrected chi connectivity index (χ0v) is 15.1. The van der Waals surface area contributed by atoms with E-state index >= 15 is 0 Å². The van der Waals surface area contributed by atoms with Gasteiger partial charge in [-0.2, -0.15) is 0 Å². The van der Waals surface area contributed by atoms with Gasteiger partial charge in [0.05, 0.1) is 0 Å². The van der Waals surface area contributed by atoms with Gasteiger partial charge in [-0.3, -0.25) is 14.8 Å². The second kappa shape index (κ2) is 7.91. The van der Waals surface area contributed by atoms with Crippen LogP contribution >= 0.6 is 0 Å². The first-order valence-corrected chi connectivity index (χ1v) is 9.04. The smallest absolute Gasteiger partial charge is 0.0312 e. The molecule has 24 heavy (non-hydrogen) atoms. The summed E-state index contributed by atoms with van der Waals surface area (Å²) in [5.41, 5.74) is 2.74. The van der Waals surface area contributed by atoms with Crippen LogP contribution in [0.25, 0.3) is 0 Å². The first-order chi connectivity index (χ1) is 11.6. The van der Waals surface area contributed by atoms with Crippen molar-refractivity contribution < 1.29 is 0 Å². The quantitative estimate of drug-likeness (QED) is 0.809. The fourth-order valence-electron chi connectivity index (χ4n) is 3.80. The van der Waals surface area contributed by atoms with Gasteiger partial charge in [0.1, 0.15) is 0 Å². The first-order valence-electron chi connectivity index (χ1n) is 9.04. The van der Waals surface area contributed by atoms with Crippen LogP contribution in [0.1, 0.15) is 31.4 Å². The number of hydrogen-bond donors (Lipinski definition) is 0. The third-order valence-corrected chi connectivity index (χ3v) is 5.36. The molecule has 2 heterocycles. The Hall–Kier alpha value is -1.71. The second-order valence-electron chi connectivity index (χ2n) is 7.20. The SMILES string of the molecule is CC(C)N(C)[C@@H]1CCN(Cc2cccnc2)[C@H]1Cc1ccccc1. The Morgan fingerprint density at radius 3 is 2.54 bits per heavy atom. The summed E-state index contributed by atoms with van der Waals surface area (Å²) < 4.78 is 0. The molecular formula is C21H29N3. The molecule has 0 spiro atoms. The summed E-state index contributed by atoms with van der Waals surface area (Å²) in [5.74, 6) is 0. The molecule has 128 valence electrons. The van der Waals surface area contributed by atoms with Crippen molar-refractivity contribution in [2.45, 2.75) is 51.4 Å². The van der Waals surface area contributed by atoms with E-state index in [2.05, 4.69) is 72.1 Å². The number of likely N-dealkylation sites (tertiary alicyclic amines) is 1. The van der Waals surface area contributed by atoms with Crippen molar-refractivity contribution in [1.29, 1.82) is 0 Å². The summed E-state index contributed by atoms with van der Waals surface area (Å²) in [5, 5.41) is 0. The minimum Gasteiger partial charge on any atom is -0.299 e. The molecule has 3 rings (SSSR count). The van der Waals surface area contributed by atoms with Gasteiger partial charge >= 0.3 is 0 Å². The molecule has 1 aromatic carbocycles. The molecule has 3 nitrogen and oxygen atoms in total. The highest BCUT2D eigenvalue weighted by Crippen LogP contribution is 2.28. The molecule has 1 fully saturated rings. The minimum atomic E-state index is 0.556. The monoisotopic (exact) mass is 323 g/mol. The van der Waals surface area contributed by atoms with Gasteiger partial charge in [0.2, 0.25) is 0 Å². The van der Waals surface area contributed by atoms with Crippen LogP contribution in [0, 0.1) is 0 Å². The number of rotatable bonds is 6. The molecule has 0 bridgehead atoms. The largest absolute Gasteiger partial charge is 0.299 e. The van der Waals surface area contributed by atoms with Crippen LogP contribution in [-0.4, -0.2) is 46.5 Å². The zero-order valence-electron chi connectivity index (χ0n) is 15.1. The Bertz CT molecular complexity index is 611. The normalized spacial score (nSPS) is 21.7. The Morgan fingerprint density at radius 1 is 1.12 bits per heavy atom. The van der Waals surface area contributed by atoms with Gasteiger partial charge in [-0.15, -0.1) is 0 Å². The maximum absolute atomic E-state index is 4.28. The standard InChI is InChI=1S/C21H29N3/c1-17(2)23(3)20-11-13-24(16-19-10-7-12-22-15-19)21(20)14-18-8-5-4-6-9-18/h4-10,12,15,17,20-21H,11,13-14,16H2,1-3H3/t20-,21+/m1/s1. The lowest BCUT2D eigenvalue weighted by atomic mass is 9.98. The minimum absolute atomic E-state index is 0.556. The molecule has 1 aliphatic heterocycles. The van der Waals surface area contributed by atoms with Crippen molar-refractivity contribution >= 4 is 0 Å². The predicted octanol–water partition coefficient (Wildman–Crippen LogP) is 3.61. The van der Waals surface area contributed by atoms with E-state index in [0.29, 0.717) is 18.1 Å². The lowest BCUT2D eigenvalue weighted by molar-refractivity contribution is 0.135. The third-order valence-electron chi connectivity index (χ3n) is 5.36. The number of pyridine rings is 1. The maximum atomic E-state index is 4.28. The van der Waals surface area contributed by atoms with E-state index in [1.54, 1.807) is 0 Å². The maximum Gasteiger partial charge on any atom is 0.0312 e. The highest BCUT2D eigenvalue weighted by Gasteiger charge is 2.37. The van der Waals surface area contributed by atoms with Crippen LogP contribution in [-0.2, 0) is 13.0 Å². The van der Waals surface area contributed by atoms with E-state index in [4.69, 9.17) is 0 Å². The summed E-state index contributed by atoms with van der Waals surface area (Å²) in [4.78, 5) is 9.48. The molecule has 0 saturated carbocycles. The summed E-state index contributed by atoms with van der Waals surface area (Å²) in [6, 6.07) is 16.9. The molecule has 1 saturated heterocycles. The number of hydrogen-bond acceptors (Lipinski definition) is 3. The van der Waals surface area contributed by atoms with Crippen molar-refractivity contribution in [3.63, 3.8) is 0 Å². The molecule has 0 aliphatic carbocycles. The topological polar surface area (TPSA) is 19.4 Å². The highest BCUT2D eigenvalue weighted by atomic mass is 15.3. The number of likely N-dealkylation sites (N-methyl/N-ethyl adjacent to an activating group) is 1. The summed E-state index contributed by atoms with van der Waals surface area (Å²) in [7, 11) is 2.28. The van der Waals surface area contributed by atoms with E-state index in [1.807, 2.05) is 18.5 Å². The second-order valence-corrected chi connectivity index (χ2v) is 7.20. The summed E-state index contributed by atoms with van der Waals surface area (Å²) >= 11 is 0. The van der Waals surface area contributed by atoms with E-state index in [-0.39, 0.29) is 0 Å². The van der Waals surface area contributed by atoms with Crippen molar-refractivity contribution in [1.82, 2.24) is 14.8 Å². The molecule has 0 unspecified atom stereocenters. The average molecular weight is 323 g/mol. The van der Waals surface area contributed by atoms with E-state index < -0.39 is 0 Å². The molecule has 2 atom stereocenters. The van der Waals surface area contributed by atoms with Crippen LogP contribution in [0.5, 0.6) is 0 Å². The Kier molecular flexibility index (Phi) is 5.64. The van der Waals surface area contributed by atoms with Gasteiger partial charge in [0, 0.05) is 43.6 Å². The van der Waals surface area contributed by atoms with Gasteiger partial charge < -0.3 is 0 Å². The van der Waals surface area contributed by atoms with Crippen molar-refractivity contribution in [2.75, 3.05) is 13.6 Å². The van der Waals surface area contributed by atoms with Crippen LogP contribution in [0.15, 0.2) is 54.9 Å². The van der Waals surface area contributed by atoms with Gasteiger partial charge in [-0.05, 0) is 50.9 Å². The van der Waals surface area contributed by atoms with Crippen molar-refractivity contribution in [3.8, 4) is 0 Å². The molecule has 2 aromatic rings. The van der Waals surface area contributed by atoms with E-state index in [0.717, 1.165) is 19.5 Å². The molecule has 0 radical (unpaired) electrons. The summed E-state index contributed by atoms with van der Waals surface area (Å²) in [6.45, 7) is 6.74. The highest BCUT2D eigenvalue weighted by molar-refractivity contribution is 5.18. The van der Waals surface area contributed by atoms with E-state index in [1.165, 1.54) is 17.5 Å². The Balaban J connectivity index is 1.79. The first kappa shape index (κ1) is 17.1. The summed E-state index contributed by atoms with van der Waals surface area (Å²) in [6.07, 6.45) is 6.21. The Morgan fingerprint density at radius 2 is 1.88 bits per heavy atom. The van der Waals surface area contributed by atoms with Crippen LogP contribution in [0.3, 0.4) is 0 Å². The fourth-order valence-corrected chi connectivity index (χ4v) is 3.80. The molecule has 1 aliphatic rings. The Labute approximate surface area is 146 Å². The van der Waals surface area contributed by atoms with Gasteiger partial charge in [-0.25, -0.2) is 0 Å². The lowest BCUT2D eigenvalue weighted by Crippen LogP contribution is -2.47. The van der Waals surface area contributed by atoms with Gasteiger partial charge in [0.15, 0.2) is 0 Å². The molecule has 0 amide bonds. The lowest BCUT2D eigenvalue weighted by Gasteiger charge is -2.35. The number of benzene rings is 1. The van der Waals surface area contributed by atoms with Gasteiger partial charge in [-0.1, -0.05) is 36.4 Å². The third kappa shape index (κ3) is 4.03. The van der Waals surface area contributed by atoms with Crippen LogP contribution in [0.2, 0.25) is 0 Å².